The van der Waals surface area contributed by atoms with E-state index in [0.29, 0.717) is 37.1 Å². The molecule has 0 saturated heterocycles. The van der Waals surface area contributed by atoms with Gasteiger partial charge in [-0.15, -0.1) is 0 Å². The number of aliphatic hydroxyl groups excluding tert-OH is 1. The lowest BCUT2D eigenvalue weighted by Crippen LogP contribution is -2.39. The molecule has 0 aromatic carbocycles. The highest BCUT2D eigenvalue weighted by molar-refractivity contribution is 4.81. The Balaban J connectivity index is 2.35. The van der Waals surface area contributed by atoms with Gasteiger partial charge in [-0.2, -0.15) is 0 Å². The molecule has 114 valence electrons. The first kappa shape index (κ1) is 16.9. The van der Waals surface area contributed by atoms with Crippen molar-refractivity contribution in [1.82, 2.24) is 5.32 Å². The van der Waals surface area contributed by atoms with Gasteiger partial charge in [-0.1, -0.05) is 41.0 Å². The molecule has 1 saturated carbocycles. The maximum Gasteiger partial charge on any atom is 0.0897 e. The number of hydrogen-bond donors (Lipinski definition) is 2. The molecule has 0 amide bonds. The Kier molecular flexibility index (Phi) is 7.33. The van der Waals surface area contributed by atoms with E-state index in [1.165, 1.54) is 12.8 Å². The van der Waals surface area contributed by atoms with Gasteiger partial charge in [0.15, 0.2) is 0 Å². The lowest BCUT2D eigenvalue weighted by Gasteiger charge is -2.37. The van der Waals surface area contributed by atoms with Crippen LogP contribution in [0.25, 0.3) is 0 Å². The predicted molar refractivity (Wildman–Crippen MR) is 80.2 cm³/mol. The fourth-order valence-electron chi connectivity index (χ4n) is 2.97. The SMILES string of the molecule is CC(C)NC[C@@H](O)CO[C@@H]1C[C@H](C)CC[C@@H]1C(C)C. The predicted octanol–water partition coefficient (Wildman–Crippen LogP) is 2.82. The number of aliphatic hydroxyl groups is 1. The highest BCUT2D eigenvalue weighted by Gasteiger charge is 2.31. The Morgan fingerprint density at radius 1 is 1.21 bits per heavy atom. The Labute approximate surface area is 119 Å². The monoisotopic (exact) mass is 271 g/mol. The summed E-state index contributed by atoms with van der Waals surface area (Å²) in [4.78, 5) is 0. The van der Waals surface area contributed by atoms with E-state index in [9.17, 15) is 5.11 Å². The van der Waals surface area contributed by atoms with Crippen molar-refractivity contribution in [2.45, 2.75) is 72.1 Å². The summed E-state index contributed by atoms with van der Waals surface area (Å²) in [5, 5.41) is 13.2. The molecule has 0 radical (unpaired) electrons. The van der Waals surface area contributed by atoms with E-state index in [-0.39, 0.29) is 0 Å². The first-order valence-corrected chi connectivity index (χ1v) is 7.93. The molecule has 0 unspecified atom stereocenters. The molecular formula is C16H33NO2. The van der Waals surface area contributed by atoms with E-state index in [2.05, 4.69) is 39.9 Å². The van der Waals surface area contributed by atoms with Gasteiger partial charge in [0.25, 0.3) is 0 Å². The Morgan fingerprint density at radius 2 is 1.89 bits per heavy atom. The van der Waals surface area contributed by atoms with Crippen LogP contribution in [0.1, 0.15) is 53.9 Å². The van der Waals surface area contributed by atoms with Crippen molar-refractivity contribution in [2.24, 2.45) is 17.8 Å². The summed E-state index contributed by atoms with van der Waals surface area (Å²) in [5.41, 5.74) is 0. The summed E-state index contributed by atoms with van der Waals surface area (Å²) in [6.07, 6.45) is 3.67. The molecule has 0 aliphatic heterocycles. The average molecular weight is 271 g/mol. The van der Waals surface area contributed by atoms with E-state index in [4.69, 9.17) is 4.74 Å². The Morgan fingerprint density at radius 3 is 2.47 bits per heavy atom. The standard InChI is InChI=1S/C16H33NO2/c1-11(2)15-7-6-13(5)8-16(15)19-10-14(18)9-17-12(3)4/h11-18H,6-10H2,1-5H3/t13-,14-,15-,16-/m1/s1. The van der Waals surface area contributed by atoms with E-state index < -0.39 is 6.10 Å². The first-order chi connectivity index (χ1) is 8.90. The van der Waals surface area contributed by atoms with Gasteiger partial charge in [0.1, 0.15) is 0 Å². The van der Waals surface area contributed by atoms with Gasteiger partial charge < -0.3 is 15.2 Å². The molecule has 0 heterocycles. The molecule has 0 aromatic heterocycles. The first-order valence-electron chi connectivity index (χ1n) is 7.93. The number of ether oxygens (including phenoxy) is 1. The van der Waals surface area contributed by atoms with E-state index in [1.807, 2.05) is 0 Å². The number of nitrogens with one attached hydrogen (secondary N) is 1. The third-order valence-electron chi connectivity index (χ3n) is 4.23. The largest absolute Gasteiger partial charge is 0.389 e. The molecule has 19 heavy (non-hydrogen) atoms. The van der Waals surface area contributed by atoms with Gasteiger partial charge in [0, 0.05) is 12.6 Å². The minimum absolute atomic E-state index is 0.331. The fraction of sp³-hybridized carbons (Fsp3) is 1.00. The molecule has 4 atom stereocenters. The van der Waals surface area contributed by atoms with Crippen LogP contribution in [0.4, 0.5) is 0 Å². The quantitative estimate of drug-likeness (QED) is 0.748. The average Bonchev–Trinajstić information content (AvgIpc) is 2.33. The highest BCUT2D eigenvalue weighted by atomic mass is 16.5. The third-order valence-corrected chi connectivity index (χ3v) is 4.23. The summed E-state index contributed by atoms with van der Waals surface area (Å²) in [5.74, 6) is 2.08. The van der Waals surface area contributed by atoms with Gasteiger partial charge in [-0.05, 0) is 30.6 Å². The number of rotatable bonds is 7. The molecule has 3 nitrogen and oxygen atoms in total. The minimum Gasteiger partial charge on any atom is -0.389 e. The van der Waals surface area contributed by atoms with Crippen LogP contribution in [0.3, 0.4) is 0 Å². The van der Waals surface area contributed by atoms with Crippen molar-refractivity contribution >= 4 is 0 Å². The molecule has 0 bridgehead atoms. The van der Waals surface area contributed by atoms with E-state index in [0.717, 1.165) is 12.3 Å². The lowest BCUT2D eigenvalue weighted by atomic mass is 9.75. The lowest BCUT2D eigenvalue weighted by molar-refractivity contribution is -0.0684. The van der Waals surface area contributed by atoms with Crippen LogP contribution < -0.4 is 5.32 Å². The van der Waals surface area contributed by atoms with E-state index >= 15 is 0 Å². The van der Waals surface area contributed by atoms with Crippen LogP contribution in [0.15, 0.2) is 0 Å². The van der Waals surface area contributed by atoms with Gasteiger partial charge in [0.05, 0.1) is 18.8 Å². The maximum atomic E-state index is 9.93. The summed E-state index contributed by atoms with van der Waals surface area (Å²) in [6, 6.07) is 0.410. The van der Waals surface area contributed by atoms with Gasteiger partial charge in [-0.25, -0.2) is 0 Å². The van der Waals surface area contributed by atoms with Crippen molar-refractivity contribution in [3.05, 3.63) is 0 Å². The summed E-state index contributed by atoms with van der Waals surface area (Å²) in [6.45, 7) is 12.1. The van der Waals surface area contributed by atoms with Crippen molar-refractivity contribution in [1.29, 1.82) is 0 Å². The van der Waals surface area contributed by atoms with Crippen molar-refractivity contribution in [3.8, 4) is 0 Å². The molecule has 1 aliphatic rings. The summed E-state index contributed by atoms with van der Waals surface area (Å²) < 4.78 is 6.03. The van der Waals surface area contributed by atoms with Crippen molar-refractivity contribution in [2.75, 3.05) is 13.2 Å². The smallest absolute Gasteiger partial charge is 0.0897 e. The zero-order chi connectivity index (χ0) is 14.4. The molecule has 0 spiro atoms. The van der Waals surface area contributed by atoms with Crippen LogP contribution in [0.5, 0.6) is 0 Å². The topological polar surface area (TPSA) is 41.5 Å². The zero-order valence-corrected chi connectivity index (χ0v) is 13.4. The fourth-order valence-corrected chi connectivity index (χ4v) is 2.97. The zero-order valence-electron chi connectivity index (χ0n) is 13.4. The van der Waals surface area contributed by atoms with E-state index in [1.54, 1.807) is 0 Å². The van der Waals surface area contributed by atoms with Crippen LogP contribution in [-0.2, 0) is 4.74 Å². The normalized spacial score (nSPS) is 30.0. The van der Waals surface area contributed by atoms with Gasteiger partial charge in [0.2, 0.25) is 0 Å². The van der Waals surface area contributed by atoms with Crippen LogP contribution in [0, 0.1) is 17.8 Å². The molecule has 1 aliphatic carbocycles. The summed E-state index contributed by atoms with van der Waals surface area (Å²) >= 11 is 0. The van der Waals surface area contributed by atoms with Gasteiger partial charge in [-0.3, -0.25) is 0 Å². The second kappa shape index (κ2) is 8.23. The highest BCUT2D eigenvalue weighted by Crippen LogP contribution is 2.35. The van der Waals surface area contributed by atoms with Crippen LogP contribution >= 0.6 is 0 Å². The molecule has 2 N–H and O–H groups in total. The van der Waals surface area contributed by atoms with Crippen molar-refractivity contribution in [3.63, 3.8) is 0 Å². The minimum atomic E-state index is -0.396. The third kappa shape index (κ3) is 6.24. The Bertz CT molecular complexity index is 243. The van der Waals surface area contributed by atoms with Crippen LogP contribution in [0.2, 0.25) is 0 Å². The molecular weight excluding hydrogens is 238 g/mol. The number of hydrogen-bond acceptors (Lipinski definition) is 3. The Hall–Kier alpha value is -0.120. The molecule has 1 fully saturated rings. The van der Waals surface area contributed by atoms with Gasteiger partial charge >= 0.3 is 0 Å². The van der Waals surface area contributed by atoms with Crippen molar-refractivity contribution < 1.29 is 9.84 Å². The van der Waals surface area contributed by atoms with Crippen LogP contribution in [-0.4, -0.2) is 36.5 Å². The molecule has 1 rings (SSSR count). The second-order valence-electron chi connectivity index (χ2n) is 6.91. The summed E-state index contributed by atoms with van der Waals surface area (Å²) in [7, 11) is 0. The molecule has 3 heteroatoms. The maximum absolute atomic E-state index is 9.93. The molecule has 0 aromatic rings. The second-order valence-corrected chi connectivity index (χ2v) is 6.91.